The summed E-state index contributed by atoms with van der Waals surface area (Å²) >= 11 is 0. The molecule has 0 radical (unpaired) electrons. The van der Waals surface area contributed by atoms with E-state index >= 15 is 0 Å². The van der Waals surface area contributed by atoms with Crippen molar-refractivity contribution in [2.75, 3.05) is 13.6 Å². The lowest BCUT2D eigenvalue weighted by Gasteiger charge is -2.20. The molecule has 0 aliphatic carbocycles. The van der Waals surface area contributed by atoms with E-state index in [1.807, 2.05) is 6.92 Å². The molecule has 0 aliphatic heterocycles. The normalized spacial score (nSPS) is 11.9. The number of nitrogens with zero attached hydrogens (tertiary/aromatic N) is 1. The molecule has 0 fully saturated rings. The third-order valence-corrected chi connectivity index (χ3v) is 2.32. The second-order valence-electron chi connectivity index (χ2n) is 4.06. The van der Waals surface area contributed by atoms with Crippen molar-refractivity contribution in [3.63, 3.8) is 0 Å². The molecular weight excluding hydrogens is 208 g/mol. The van der Waals surface area contributed by atoms with Crippen LogP contribution in [0.3, 0.4) is 0 Å². The first kappa shape index (κ1) is 14.7. The van der Waals surface area contributed by atoms with E-state index in [0.29, 0.717) is 13.0 Å². The number of nitrogens with one attached hydrogen (secondary N) is 1. The number of amides is 2. The molecule has 5 nitrogen and oxygen atoms in total. The topological polar surface area (TPSA) is 69.6 Å². The van der Waals surface area contributed by atoms with Gasteiger partial charge in [-0.05, 0) is 19.8 Å². The average Bonchev–Trinajstić information content (AvgIpc) is 2.17. The molecule has 0 saturated heterocycles. The lowest BCUT2D eigenvalue weighted by Crippen LogP contribution is -2.42. The molecule has 0 aliphatic rings. The molecule has 0 aromatic rings. The molecule has 0 rings (SSSR count). The molecule has 16 heavy (non-hydrogen) atoms. The molecule has 1 atom stereocenters. The minimum Gasteiger partial charge on any atom is -0.481 e. The second-order valence-corrected chi connectivity index (χ2v) is 4.06. The van der Waals surface area contributed by atoms with Crippen molar-refractivity contribution in [1.29, 1.82) is 0 Å². The van der Waals surface area contributed by atoms with E-state index in [2.05, 4.69) is 12.2 Å². The minimum absolute atomic E-state index is 0.0993. The highest BCUT2D eigenvalue weighted by Gasteiger charge is 2.11. The van der Waals surface area contributed by atoms with E-state index in [4.69, 9.17) is 5.11 Å². The third kappa shape index (κ3) is 7.09. The largest absolute Gasteiger partial charge is 0.481 e. The Labute approximate surface area is 96.8 Å². The van der Waals surface area contributed by atoms with Crippen molar-refractivity contribution >= 4 is 12.0 Å². The van der Waals surface area contributed by atoms with Crippen LogP contribution in [0.2, 0.25) is 0 Å². The van der Waals surface area contributed by atoms with E-state index < -0.39 is 5.97 Å². The number of rotatable bonds is 7. The minimum atomic E-state index is -0.826. The van der Waals surface area contributed by atoms with Crippen LogP contribution in [0.15, 0.2) is 0 Å². The summed E-state index contributed by atoms with van der Waals surface area (Å²) in [6.07, 6.45) is 2.57. The predicted molar refractivity (Wildman–Crippen MR) is 62.4 cm³/mol. The van der Waals surface area contributed by atoms with E-state index in [0.717, 1.165) is 12.8 Å². The van der Waals surface area contributed by atoms with Crippen molar-refractivity contribution in [3.8, 4) is 0 Å². The number of hydrogen-bond donors (Lipinski definition) is 2. The SMILES string of the molecule is CCCC(C)NC(=O)N(C)CCCC(=O)O. The quantitative estimate of drug-likeness (QED) is 0.699. The number of carboxylic acids is 1. The molecule has 94 valence electrons. The fraction of sp³-hybridized carbons (Fsp3) is 0.818. The maximum Gasteiger partial charge on any atom is 0.317 e. The zero-order valence-corrected chi connectivity index (χ0v) is 10.3. The van der Waals surface area contributed by atoms with Gasteiger partial charge in [0.15, 0.2) is 0 Å². The Morgan fingerprint density at radius 2 is 2.06 bits per heavy atom. The predicted octanol–water partition coefficient (Wildman–Crippen LogP) is 1.68. The number of aliphatic carboxylic acids is 1. The summed E-state index contributed by atoms with van der Waals surface area (Å²) < 4.78 is 0. The van der Waals surface area contributed by atoms with Crippen LogP contribution in [0.25, 0.3) is 0 Å². The second kappa shape index (κ2) is 7.96. The van der Waals surface area contributed by atoms with Crippen LogP contribution >= 0.6 is 0 Å². The fourth-order valence-corrected chi connectivity index (χ4v) is 1.40. The zero-order chi connectivity index (χ0) is 12.6. The molecule has 0 aromatic carbocycles. The van der Waals surface area contributed by atoms with Gasteiger partial charge in [0.2, 0.25) is 0 Å². The van der Waals surface area contributed by atoms with Gasteiger partial charge in [0.05, 0.1) is 0 Å². The third-order valence-electron chi connectivity index (χ3n) is 2.32. The Hall–Kier alpha value is -1.26. The summed E-state index contributed by atoms with van der Waals surface area (Å²) in [5, 5.41) is 11.3. The lowest BCUT2D eigenvalue weighted by atomic mass is 10.2. The van der Waals surface area contributed by atoms with Crippen molar-refractivity contribution in [2.24, 2.45) is 0 Å². The zero-order valence-electron chi connectivity index (χ0n) is 10.3. The molecule has 0 spiro atoms. The van der Waals surface area contributed by atoms with E-state index in [-0.39, 0.29) is 18.5 Å². The summed E-state index contributed by atoms with van der Waals surface area (Å²) in [6, 6.07) is 0.0331. The van der Waals surface area contributed by atoms with Crippen molar-refractivity contribution in [1.82, 2.24) is 10.2 Å². The van der Waals surface area contributed by atoms with Crippen LogP contribution in [0.1, 0.15) is 39.5 Å². The summed E-state index contributed by atoms with van der Waals surface area (Å²) in [5.74, 6) is -0.826. The van der Waals surface area contributed by atoms with E-state index in [9.17, 15) is 9.59 Å². The fourth-order valence-electron chi connectivity index (χ4n) is 1.40. The number of hydrogen-bond acceptors (Lipinski definition) is 2. The molecule has 1 unspecified atom stereocenters. The highest BCUT2D eigenvalue weighted by molar-refractivity contribution is 5.74. The van der Waals surface area contributed by atoms with Gasteiger partial charge in [-0.3, -0.25) is 4.79 Å². The average molecular weight is 230 g/mol. The molecular formula is C11H22N2O3. The van der Waals surface area contributed by atoms with Crippen molar-refractivity contribution in [3.05, 3.63) is 0 Å². The molecule has 0 saturated carbocycles. The van der Waals surface area contributed by atoms with Crippen molar-refractivity contribution in [2.45, 2.75) is 45.6 Å². The van der Waals surface area contributed by atoms with Gasteiger partial charge in [0.1, 0.15) is 0 Å². The Kier molecular flexibility index (Phi) is 7.33. The summed E-state index contributed by atoms with van der Waals surface area (Å²) in [7, 11) is 1.68. The summed E-state index contributed by atoms with van der Waals surface area (Å²) in [6.45, 7) is 4.50. The molecule has 0 aromatic heterocycles. The Morgan fingerprint density at radius 1 is 1.44 bits per heavy atom. The smallest absolute Gasteiger partial charge is 0.317 e. The molecule has 5 heteroatoms. The first-order valence-corrected chi connectivity index (χ1v) is 5.70. The van der Waals surface area contributed by atoms with Gasteiger partial charge in [-0.15, -0.1) is 0 Å². The van der Waals surface area contributed by atoms with Gasteiger partial charge >= 0.3 is 12.0 Å². The summed E-state index contributed by atoms with van der Waals surface area (Å²) in [4.78, 5) is 23.4. The number of carbonyl (C=O) groups excluding carboxylic acids is 1. The lowest BCUT2D eigenvalue weighted by molar-refractivity contribution is -0.137. The van der Waals surface area contributed by atoms with Gasteiger partial charge in [-0.1, -0.05) is 13.3 Å². The molecule has 0 heterocycles. The van der Waals surface area contributed by atoms with Gasteiger partial charge in [-0.25, -0.2) is 4.79 Å². The van der Waals surface area contributed by atoms with Crippen LogP contribution < -0.4 is 5.32 Å². The maximum atomic E-state index is 11.6. The first-order chi connectivity index (χ1) is 7.47. The monoisotopic (exact) mass is 230 g/mol. The number of urea groups is 1. The van der Waals surface area contributed by atoms with Crippen molar-refractivity contribution < 1.29 is 14.7 Å². The Morgan fingerprint density at radius 3 is 2.56 bits per heavy atom. The van der Waals surface area contributed by atoms with Gasteiger partial charge in [0.25, 0.3) is 0 Å². The standard InChI is InChI=1S/C11H22N2O3/c1-4-6-9(2)12-11(16)13(3)8-5-7-10(14)15/h9H,4-8H2,1-3H3,(H,12,16)(H,14,15). The molecule has 2 amide bonds. The van der Waals surface area contributed by atoms with Crippen LogP contribution in [0.5, 0.6) is 0 Å². The highest BCUT2D eigenvalue weighted by Crippen LogP contribution is 1.98. The van der Waals surface area contributed by atoms with Gasteiger partial charge in [-0.2, -0.15) is 0 Å². The summed E-state index contributed by atoms with van der Waals surface area (Å²) in [5.41, 5.74) is 0. The Bertz CT molecular complexity index is 231. The number of carboxylic acid groups (broad SMARTS) is 1. The van der Waals surface area contributed by atoms with Gasteiger partial charge < -0.3 is 15.3 Å². The molecule has 2 N–H and O–H groups in total. The van der Waals surface area contributed by atoms with Crippen LogP contribution in [0, 0.1) is 0 Å². The van der Waals surface area contributed by atoms with Crippen LogP contribution in [-0.2, 0) is 4.79 Å². The Balaban J connectivity index is 3.76. The maximum absolute atomic E-state index is 11.6. The van der Waals surface area contributed by atoms with E-state index in [1.165, 1.54) is 4.90 Å². The van der Waals surface area contributed by atoms with Crippen LogP contribution in [-0.4, -0.2) is 41.6 Å². The van der Waals surface area contributed by atoms with E-state index in [1.54, 1.807) is 7.05 Å². The first-order valence-electron chi connectivity index (χ1n) is 5.70. The van der Waals surface area contributed by atoms with Gasteiger partial charge in [0, 0.05) is 26.1 Å². The van der Waals surface area contributed by atoms with Crippen LogP contribution in [0.4, 0.5) is 4.79 Å². The number of carbonyl (C=O) groups is 2. The molecule has 0 bridgehead atoms. The highest BCUT2D eigenvalue weighted by atomic mass is 16.4.